The highest BCUT2D eigenvalue weighted by Gasteiger charge is 2.53. The molecule has 0 atom stereocenters. The van der Waals surface area contributed by atoms with Gasteiger partial charge >= 0.3 is 0 Å². The Hall–Kier alpha value is -1.35. The van der Waals surface area contributed by atoms with Crippen molar-refractivity contribution in [1.82, 2.24) is 0 Å². The molecule has 1 amide bonds. The number of hydrogen-bond acceptors (Lipinski definition) is 2. The van der Waals surface area contributed by atoms with Crippen molar-refractivity contribution >= 4 is 29.0 Å². The lowest BCUT2D eigenvalue weighted by atomic mass is 9.65. The maximum Gasteiger partial charge on any atom is 0.237 e. The lowest BCUT2D eigenvalue weighted by Gasteiger charge is -2.36. The molecule has 1 aliphatic carbocycles. The fourth-order valence-electron chi connectivity index (χ4n) is 3.02. The number of fused-ring (bicyclic) bond motifs is 2. The van der Waals surface area contributed by atoms with Crippen molar-refractivity contribution in [3.63, 3.8) is 0 Å². The van der Waals surface area contributed by atoms with Gasteiger partial charge in [-0.1, -0.05) is 6.42 Å². The van der Waals surface area contributed by atoms with E-state index in [1.807, 2.05) is 12.1 Å². The van der Waals surface area contributed by atoms with Crippen LogP contribution in [0, 0.1) is 0 Å². The summed E-state index contributed by atoms with van der Waals surface area (Å²) in [5, 5.41) is 0. The lowest BCUT2D eigenvalue weighted by molar-refractivity contribution is -0.125. The van der Waals surface area contributed by atoms with Gasteiger partial charge in [0.15, 0.2) is 5.78 Å². The predicted molar refractivity (Wildman–Crippen MR) is 70.4 cm³/mol. The van der Waals surface area contributed by atoms with E-state index in [9.17, 15) is 9.59 Å². The molecule has 1 aromatic carbocycles. The lowest BCUT2D eigenvalue weighted by Crippen LogP contribution is -2.43. The summed E-state index contributed by atoms with van der Waals surface area (Å²) < 4.78 is 0. The Labute approximate surface area is 111 Å². The number of hydrogen-bond donors (Lipinski definition) is 0. The van der Waals surface area contributed by atoms with Crippen LogP contribution in [0.25, 0.3) is 0 Å². The van der Waals surface area contributed by atoms with E-state index in [4.69, 9.17) is 11.6 Å². The number of anilines is 1. The molecule has 3 nitrogen and oxygen atoms in total. The second kappa shape index (κ2) is 3.82. The first kappa shape index (κ1) is 11.7. The highest BCUT2D eigenvalue weighted by molar-refractivity contribution is 6.30. The number of carbonyl (C=O) groups excluding carboxylic acids is 2. The summed E-state index contributed by atoms with van der Waals surface area (Å²) in [4.78, 5) is 25.7. The zero-order chi connectivity index (χ0) is 12.9. The van der Waals surface area contributed by atoms with E-state index in [2.05, 4.69) is 0 Å². The molecule has 18 heavy (non-hydrogen) atoms. The Kier molecular flexibility index (Phi) is 2.49. The van der Waals surface area contributed by atoms with Crippen LogP contribution in [0.15, 0.2) is 18.2 Å². The van der Waals surface area contributed by atoms with Crippen molar-refractivity contribution in [3.8, 4) is 0 Å². The van der Waals surface area contributed by atoms with E-state index in [0.717, 1.165) is 30.5 Å². The van der Waals surface area contributed by atoms with E-state index < -0.39 is 0 Å². The van der Waals surface area contributed by atoms with E-state index >= 15 is 0 Å². The summed E-state index contributed by atoms with van der Waals surface area (Å²) in [5.74, 6) is 0.0606. The fraction of sp³-hybridized carbons (Fsp3) is 0.429. The van der Waals surface area contributed by atoms with Crippen molar-refractivity contribution in [2.75, 3.05) is 17.8 Å². The zero-order valence-corrected chi connectivity index (χ0v) is 11.0. The molecule has 0 radical (unpaired) electrons. The topological polar surface area (TPSA) is 37.4 Å². The molecule has 94 valence electrons. The number of alkyl halides is 1. The van der Waals surface area contributed by atoms with Crippen LogP contribution < -0.4 is 4.90 Å². The van der Waals surface area contributed by atoms with Gasteiger partial charge in [-0.2, -0.15) is 0 Å². The zero-order valence-electron chi connectivity index (χ0n) is 10.2. The van der Waals surface area contributed by atoms with Crippen LogP contribution >= 0.6 is 11.6 Å². The molecule has 0 bridgehead atoms. The van der Waals surface area contributed by atoms with Gasteiger partial charge in [-0.15, -0.1) is 11.6 Å². The molecule has 1 aliphatic heterocycles. The first-order chi connectivity index (χ1) is 8.60. The largest absolute Gasteiger partial charge is 0.314 e. The first-order valence-electron chi connectivity index (χ1n) is 6.12. The number of rotatable bonds is 2. The minimum Gasteiger partial charge on any atom is -0.314 e. The average Bonchev–Trinajstić information content (AvgIpc) is 2.57. The van der Waals surface area contributed by atoms with Gasteiger partial charge in [0.25, 0.3) is 0 Å². The molecule has 1 heterocycles. The number of carbonyl (C=O) groups is 2. The van der Waals surface area contributed by atoms with Crippen molar-refractivity contribution < 1.29 is 9.59 Å². The minimum atomic E-state index is -0.354. The monoisotopic (exact) mass is 263 g/mol. The Morgan fingerprint density at radius 2 is 2.17 bits per heavy atom. The van der Waals surface area contributed by atoms with E-state index in [1.54, 1.807) is 18.0 Å². The van der Waals surface area contributed by atoms with Gasteiger partial charge in [0.2, 0.25) is 5.91 Å². The molecule has 0 saturated heterocycles. The number of nitrogens with zero attached hydrogens (tertiary/aromatic N) is 1. The third kappa shape index (κ3) is 1.31. The van der Waals surface area contributed by atoms with Gasteiger partial charge in [0.1, 0.15) is 0 Å². The molecule has 4 heteroatoms. The molecule has 1 spiro atoms. The van der Waals surface area contributed by atoms with E-state index in [0.29, 0.717) is 5.56 Å². The van der Waals surface area contributed by atoms with Crippen LogP contribution in [0.4, 0.5) is 5.69 Å². The SMILES string of the molecule is CN1C(=O)C2(CCC2)c2cc(C(=O)CCl)ccc21. The normalized spacial score (nSPS) is 19.9. The summed E-state index contributed by atoms with van der Waals surface area (Å²) >= 11 is 5.59. The smallest absolute Gasteiger partial charge is 0.237 e. The second-order valence-corrected chi connectivity index (χ2v) is 5.36. The van der Waals surface area contributed by atoms with Crippen LogP contribution in [0.5, 0.6) is 0 Å². The fourth-order valence-corrected chi connectivity index (χ4v) is 3.18. The van der Waals surface area contributed by atoms with E-state index in [-0.39, 0.29) is 23.0 Å². The van der Waals surface area contributed by atoms with Crippen LogP contribution in [-0.2, 0) is 10.2 Å². The number of likely N-dealkylation sites (N-methyl/N-ethyl adjacent to an activating group) is 1. The number of benzene rings is 1. The molecule has 0 unspecified atom stereocenters. The van der Waals surface area contributed by atoms with Crippen molar-refractivity contribution in [2.24, 2.45) is 0 Å². The quantitative estimate of drug-likeness (QED) is 0.607. The summed E-state index contributed by atoms with van der Waals surface area (Å²) in [6.07, 6.45) is 2.86. The summed E-state index contributed by atoms with van der Waals surface area (Å²) in [7, 11) is 1.80. The summed E-state index contributed by atoms with van der Waals surface area (Å²) in [5.41, 5.74) is 2.20. The van der Waals surface area contributed by atoms with Crippen molar-refractivity contribution in [3.05, 3.63) is 29.3 Å². The second-order valence-electron chi connectivity index (χ2n) is 5.09. The minimum absolute atomic E-state index is 0.0183. The maximum atomic E-state index is 12.3. The number of Topliss-reactive ketones (excluding diaryl/α,β-unsaturated/α-hetero) is 1. The van der Waals surface area contributed by atoms with Gasteiger partial charge in [0.05, 0.1) is 11.3 Å². The van der Waals surface area contributed by atoms with Gasteiger partial charge in [-0.05, 0) is 36.6 Å². The van der Waals surface area contributed by atoms with E-state index in [1.165, 1.54) is 0 Å². The van der Waals surface area contributed by atoms with Crippen LogP contribution in [0.1, 0.15) is 35.2 Å². The van der Waals surface area contributed by atoms with Gasteiger partial charge in [0, 0.05) is 18.3 Å². The van der Waals surface area contributed by atoms with Crippen molar-refractivity contribution in [2.45, 2.75) is 24.7 Å². The maximum absolute atomic E-state index is 12.3. The molecule has 3 rings (SSSR count). The predicted octanol–water partition coefficient (Wildman–Crippen LogP) is 2.51. The summed E-state index contributed by atoms with van der Waals surface area (Å²) in [6.45, 7) is 0. The van der Waals surface area contributed by atoms with Gasteiger partial charge in [-0.3, -0.25) is 9.59 Å². The summed E-state index contributed by atoms with van der Waals surface area (Å²) in [6, 6.07) is 5.48. The molecule has 2 aliphatic rings. The Morgan fingerprint density at radius 3 is 2.72 bits per heavy atom. The van der Waals surface area contributed by atoms with Crippen molar-refractivity contribution in [1.29, 1.82) is 0 Å². The Balaban J connectivity index is 2.13. The molecule has 0 aromatic heterocycles. The first-order valence-corrected chi connectivity index (χ1v) is 6.65. The van der Waals surface area contributed by atoms with Crippen LogP contribution in [0.2, 0.25) is 0 Å². The van der Waals surface area contributed by atoms with Crippen LogP contribution in [0.3, 0.4) is 0 Å². The van der Waals surface area contributed by atoms with Crippen LogP contribution in [-0.4, -0.2) is 24.6 Å². The Bertz CT molecular complexity index is 549. The highest BCUT2D eigenvalue weighted by atomic mass is 35.5. The third-order valence-corrected chi connectivity index (χ3v) is 4.48. The molecule has 1 aromatic rings. The molecule has 1 fully saturated rings. The van der Waals surface area contributed by atoms with Gasteiger partial charge in [-0.25, -0.2) is 0 Å². The third-order valence-electron chi connectivity index (χ3n) is 4.24. The molecule has 1 saturated carbocycles. The molecular weight excluding hydrogens is 250 g/mol. The number of halogens is 1. The average molecular weight is 264 g/mol. The molecular formula is C14H14ClNO2. The highest BCUT2D eigenvalue weighted by Crippen LogP contribution is 2.53. The number of ketones is 1. The van der Waals surface area contributed by atoms with Gasteiger partial charge < -0.3 is 4.90 Å². The molecule has 0 N–H and O–H groups in total. The standard InChI is InChI=1S/C14H14ClNO2/c1-16-11-4-3-9(12(17)8-15)7-10(11)14(13(16)18)5-2-6-14/h3-4,7H,2,5-6,8H2,1H3. The Morgan fingerprint density at radius 1 is 1.44 bits per heavy atom. The number of amides is 1.